The molecule has 0 unspecified atom stereocenters. The number of halogens is 1. The summed E-state index contributed by atoms with van der Waals surface area (Å²) in [6.45, 7) is 9.03. The van der Waals surface area contributed by atoms with Crippen molar-refractivity contribution >= 4 is 46.4 Å². The van der Waals surface area contributed by atoms with Crippen molar-refractivity contribution in [1.82, 2.24) is 15.6 Å². The second kappa shape index (κ2) is 16.5. The molecule has 0 aromatic carbocycles. The molecule has 2 N–H and O–H groups in total. The molecule has 0 radical (unpaired) electrons. The SMILES string of the molecule is CCCCOCCOCCNC(=NCc1csc(N(C)C)n1)NCC.I. The van der Waals surface area contributed by atoms with Gasteiger partial charge in [-0.3, -0.25) is 0 Å². The van der Waals surface area contributed by atoms with E-state index < -0.39 is 0 Å². The highest BCUT2D eigenvalue weighted by atomic mass is 127. The van der Waals surface area contributed by atoms with Crippen molar-refractivity contribution in [3.8, 4) is 0 Å². The number of hydrogen-bond donors (Lipinski definition) is 2. The van der Waals surface area contributed by atoms with Gasteiger partial charge in [0.15, 0.2) is 11.1 Å². The molecule has 0 aliphatic carbocycles. The quantitative estimate of drug-likeness (QED) is 0.188. The van der Waals surface area contributed by atoms with Crippen LogP contribution in [0.5, 0.6) is 0 Å². The average molecular weight is 499 g/mol. The van der Waals surface area contributed by atoms with Gasteiger partial charge in [-0.2, -0.15) is 0 Å². The van der Waals surface area contributed by atoms with Crippen LogP contribution in [-0.4, -0.2) is 64.6 Å². The van der Waals surface area contributed by atoms with Crippen molar-refractivity contribution in [3.05, 3.63) is 11.1 Å². The molecule has 0 saturated carbocycles. The molecule has 0 spiro atoms. The highest BCUT2D eigenvalue weighted by molar-refractivity contribution is 14.0. The molecule has 1 aromatic rings. The van der Waals surface area contributed by atoms with Crippen molar-refractivity contribution in [2.75, 3.05) is 58.5 Å². The molecule has 26 heavy (non-hydrogen) atoms. The molecule has 1 heterocycles. The normalized spacial score (nSPS) is 11.2. The van der Waals surface area contributed by atoms with Gasteiger partial charge in [-0.1, -0.05) is 13.3 Å². The minimum atomic E-state index is 0. The van der Waals surface area contributed by atoms with E-state index in [1.807, 2.05) is 31.3 Å². The summed E-state index contributed by atoms with van der Waals surface area (Å²) in [7, 11) is 3.98. The van der Waals surface area contributed by atoms with Gasteiger partial charge in [0.25, 0.3) is 0 Å². The highest BCUT2D eigenvalue weighted by Crippen LogP contribution is 2.18. The van der Waals surface area contributed by atoms with Gasteiger partial charge in [0, 0.05) is 39.2 Å². The topological polar surface area (TPSA) is 71.0 Å². The molecule has 0 atom stereocenters. The lowest BCUT2D eigenvalue weighted by Gasteiger charge is -2.11. The summed E-state index contributed by atoms with van der Waals surface area (Å²) >= 11 is 1.63. The number of anilines is 1. The predicted octanol–water partition coefficient (Wildman–Crippen LogP) is 2.72. The standard InChI is InChI=1S/C17H33N5O2S.HI/c1-5-7-9-23-11-12-24-10-8-19-16(18-6-2)20-13-15-14-25-17(21-15)22(3)4;/h14H,5-13H2,1-4H3,(H2,18,19,20);1H. The maximum absolute atomic E-state index is 5.55. The van der Waals surface area contributed by atoms with Crippen LogP contribution in [0.15, 0.2) is 10.4 Å². The number of guanidine groups is 1. The van der Waals surface area contributed by atoms with E-state index in [9.17, 15) is 0 Å². The monoisotopic (exact) mass is 499 g/mol. The molecular formula is C17H34IN5O2S. The first-order valence-corrected chi connectivity index (χ1v) is 9.84. The molecule has 9 heteroatoms. The predicted molar refractivity (Wildman–Crippen MR) is 121 cm³/mol. The van der Waals surface area contributed by atoms with Crippen molar-refractivity contribution in [3.63, 3.8) is 0 Å². The summed E-state index contributed by atoms with van der Waals surface area (Å²) in [6.07, 6.45) is 2.27. The summed E-state index contributed by atoms with van der Waals surface area (Å²) in [5.41, 5.74) is 0.978. The van der Waals surface area contributed by atoms with E-state index in [1.54, 1.807) is 11.3 Å². The Kier molecular flexibility index (Phi) is 16.1. The first-order valence-electron chi connectivity index (χ1n) is 8.96. The Bertz CT molecular complexity index is 485. The van der Waals surface area contributed by atoms with E-state index in [0.717, 1.165) is 42.8 Å². The first-order chi connectivity index (χ1) is 12.2. The van der Waals surface area contributed by atoms with Crippen LogP contribution < -0.4 is 15.5 Å². The van der Waals surface area contributed by atoms with Crippen LogP contribution in [0.1, 0.15) is 32.4 Å². The van der Waals surface area contributed by atoms with E-state index >= 15 is 0 Å². The van der Waals surface area contributed by atoms with Crippen LogP contribution in [0.3, 0.4) is 0 Å². The van der Waals surface area contributed by atoms with Gasteiger partial charge >= 0.3 is 0 Å². The molecule has 1 aromatic heterocycles. The lowest BCUT2D eigenvalue weighted by Crippen LogP contribution is -2.39. The molecule has 0 bridgehead atoms. The van der Waals surface area contributed by atoms with Gasteiger partial charge in [0.05, 0.1) is 32.1 Å². The number of unbranched alkanes of at least 4 members (excludes halogenated alkanes) is 1. The highest BCUT2D eigenvalue weighted by Gasteiger charge is 2.03. The first kappa shape index (κ1) is 25.4. The molecule has 0 amide bonds. The van der Waals surface area contributed by atoms with Crippen LogP contribution in [0.25, 0.3) is 0 Å². The summed E-state index contributed by atoms with van der Waals surface area (Å²) in [4.78, 5) is 11.1. The van der Waals surface area contributed by atoms with E-state index in [2.05, 4.69) is 27.5 Å². The summed E-state index contributed by atoms with van der Waals surface area (Å²) < 4.78 is 11.0. The summed E-state index contributed by atoms with van der Waals surface area (Å²) in [5, 5.41) is 9.55. The third-order valence-corrected chi connectivity index (χ3v) is 4.28. The number of nitrogens with one attached hydrogen (secondary N) is 2. The number of aromatic nitrogens is 1. The molecule has 0 fully saturated rings. The van der Waals surface area contributed by atoms with Gasteiger partial charge in [0.2, 0.25) is 0 Å². The number of rotatable bonds is 13. The van der Waals surface area contributed by atoms with Crippen LogP contribution >= 0.6 is 35.3 Å². The van der Waals surface area contributed by atoms with Gasteiger partial charge < -0.3 is 25.0 Å². The van der Waals surface area contributed by atoms with Crippen LogP contribution in [0.4, 0.5) is 5.13 Å². The van der Waals surface area contributed by atoms with E-state index in [1.165, 1.54) is 0 Å². The molecule has 0 aliphatic rings. The fourth-order valence-electron chi connectivity index (χ4n) is 1.89. The summed E-state index contributed by atoms with van der Waals surface area (Å²) in [6, 6.07) is 0. The van der Waals surface area contributed by atoms with Gasteiger partial charge in [-0.05, 0) is 13.3 Å². The third-order valence-electron chi connectivity index (χ3n) is 3.22. The molecule has 0 aliphatic heterocycles. The zero-order chi connectivity index (χ0) is 18.3. The Morgan fingerprint density at radius 1 is 1.15 bits per heavy atom. The second-order valence-electron chi connectivity index (χ2n) is 5.72. The summed E-state index contributed by atoms with van der Waals surface area (Å²) in [5.74, 6) is 0.782. The van der Waals surface area contributed by atoms with E-state index in [4.69, 9.17) is 9.47 Å². The fraction of sp³-hybridized carbons (Fsp3) is 0.765. The lowest BCUT2D eigenvalue weighted by atomic mass is 10.4. The average Bonchev–Trinajstić information content (AvgIpc) is 3.07. The molecule has 0 saturated heterocycles. The van der Waals surface area contributed by atoms with Crippen molar-refractivity contribution in [2.45, 2.75) is 33.2 Å². The zero-order valence-corrected chi connectivity index (χ0v) is 19.6. The Balaban J connectivity index is 0.00000625. The Morgan fingerprint density at radius 2 is 1.88 bits per heavy atom. The van der Waals surface area contributed by atoms with Crippen LogP contribution in [0, 0.1) is 0 Å². The largest absolute Gasteiger partial charge is 0.379 e. The molecule has 7 nitrogen and oxygen atoms in total. The van der Waals surface area contributed by atoms with Crippen molar-refractivity contribution in [2.24, 2.45) is 4.99 Å². The molecule has 152 valence electrons. The maximum Gasteiger partial charge on any atom is 0.191 e. The van der Waals surface area contributed by atoms with Crippen molar-refractivity contribution < 1.29 is 9.47 Å². The Labute approximate surface area is 179 Å². The second-order valence-corrected chi connectivity index (χ2v) is 6.55. The molecular weight excluding hydrogens is 465 g/mol. The molecule has 1 rings (SSSR count). The zero-order valence-electron chi connectivity index (χ0n) is 16.4. The minimum Gasteiger partial charge on any atom is -0.379 e. The van der Waals surface area contributed by atoms with E-state index in [-0.39, 0.29) is 24.0 Å². The Morgan fingerprint density at radius 3 is 2.50 bits per heavy atom. The smallest absolute Gasteiger partial charge is 0.191 e. The Hall–Kier alpha value is -0.650. The number of nitrogens with zero attached hydrogens (tertiary/aromatic N) is 3. The lowest BCUT2D eigenvalue weighted by molar-refractivity contribution is 0.0487. The number of ether oxygens (including phenoxy) is 2. The van der Waals surface area contributed by atoms with Gasteiger partial charge in [0.1, 0.15) is 0 Å². The number of thiazole rings is 1. The number of aliphatic imine (C=N–C) groups is 1. The van der Waals surface area contributed by atoms with Crippen molar-refractivity contribution in [1.29, 1.82) is 0 Å². The van der Waals surface area contributed by atoms with Crippen LogP contribution in [0.2, 0.25) is 0 Å². The minimum absolute atomic E-state index is 0. The third kappa shape index (κ3) is 11.9. The fourth-order valence-corrected chi connectivity index (χ4v) is 2.64. The van der Waals surface area contributed by atoms with Crippen LogP contribution in [-0.2, 0) is 16.0 Å². The maximum atomic E-state index is 5.55. The number of hydrogen-bond acceptors (Lipinski definition) is 6. The van der Waals surface area contributed by atoms with Gasteiger partial charge in [-0.25, -0.2) is 9.98 Å². The van der Waals surface area contributed by atoms with E-state index in [0.29, 0.717) is 32.9 Å². The van der Waals surface area contributed by atoms with Gasteiger partial charge in [-0.15, -0.1) is 35.3 Å².